The first kappa shape index (κ1) is 20.4. The van der Waals surface area contributed by atoms with Gasteiger partial charge in [-0.3, -0.25) is 4.79 Å². The summed E-state index contributed by atoms with van der Waals surface area (Å²) in [5.41, 5.74) is 3.04. The van der Waals surface area contributed by atoms with Crippen LogP contribution < -0.4 is 10.2 Å². The van der Waals surface area contributed by atoms with Gasteiger partial charge < -0.3 is 10.2 Å². The number of carbonyl (C=O) groups is 1. The van der Waals surface area contributed by atoms with Gasteiger partial charge in [0.2, 0.25) is 15.9 Å². The van der Waals surface area contributed by atoms with Crippen LogP contribution in [-0.4, -0.2) is 44.5 Å². The number of nitrogens with one attached hydrogen (secondary N) is 1. The van der Waals surface area contributed by atoms with Crippen LogP contribution in [0.2, 0.25) is 0 Å². The van der Waals surface area contributed by atoms with Crippen molar-refractivity contribution in [2.24, 2.45) is 0 Å². The van der Waals surface area contributed by atoms with Crippen molar-refractivity contribution in [1.29, 1.82) is 0 Å². The molecule has 1 heterocycles. The molecule has 0 aliphatic carbocycles. The van der Waals surface area contributed by atoms with Crippen LogP contribution >= 0.6 is 0 Å². The minimum atomic E-state index is -3.49. The molecule has 3 rings (SSSR count). The molecule has 1 N–H and O–H groups in total. The Morgan fingerprint density at radius 1 is 1.00 bits per heavy atom. The fraction of sp³-hybridized carbons (Fsp3) is 0.381. The average molecular weight is 402 g/mol. The van der Waals surface area contributed by atoms with Crippen molar-refractivity contribution >= 4 is 21.6 Å². The highest BCUT2D eigenvalue weighted by atomic mass is 32.2. The van der Waals surface area contributed by atoms with Gasteiger partial charge in [-0.05, 0) is 36.1 Å². The van der Waals surface area contributed by atoms with E-state index >= 15 is 0 Å². The Balaban J connectivity index is 1.54. The maximum absolute atomic E-state index is 12.3. The summed E-state index contributed by atoms with van der Waals surface area (Å²) < 4.78 is 25.3. The molecule has 6 nitrogen and oxygen atoms in total. The highest BCUT2D eigenvalue weighted by molar-refractivity contribution is 7.88. The average Bonchev–Trinajstić information content (AvgIpc) is 3.21. The van der Waals surface area contributed by atoms with Crippen molar-refractivity contribution in [2.45, 2.75) is 25.9 Å². The topological polar surface area (TPSA) is 69.7 Å². The van der Waals surface area contributed by atoms with Gasteiger partial charge in [-0.1, -0.05) is 42.5 Å². The number of amides is 1. The second-order valence-corrected chi connectivity index (χ2v) is 9.14. The first-order valence-corrected chi connectivity index (χ1v) is 11.4. The lowest BCUT2D eigenvalue weighted by Gasteiger charge is -2.20. The third-order valence-corrected chi connectivity index (χ3v) is 6.08. The second kappa shape index (κ2) is 9.21. The molecular weight excluding hydrogens is 374 g/mol. The maximum Gasteiger partial charge on any atom is 0.235 e. The SMILES string of the molecule is CS(=O)(=O)N(CC(=O)NCc1ccc(N2CCCC2)cc1)Cc1ccccc1. The number of carbonyl (C=O) groups excluding carboxylic acids is 1. The fourth-order valence-corrected chi connectivity index (χ4v) is 4.03. The van der Waals surface area contributed by atoms with Gasteiger partial charge in [0.05, 0.1) is 12.8 Å². The molecule has 1 aliphatic rings. The van der Waals surface area contributed by atoms with Gasteiger partial charge in [0, 0.05) is 31.9 Å². The lowest BCUT2D eigenvalue weighted by molar-refractivity contribution is -0.121. The molecule has 1 aliphatic heterocycles. The Hall–Kier alpha value is -2.38. The standard InChI is InChI=1S/C21H27N3O3S/c1-28(26,27)24(16-19-7-3-2-4-8-19)17-21(25)22-15-18-9-11-20(12-10-18)23-13-5-6-14-23/h2-4,7-12H,5-6,13-17H2,1H3,(H,22,25). The van der Waals surface area contributed by atoms with Gasteiger partial charge in [-0.15, -0.1) is 0 Å². The summed E-state index contributed by atoms with van der Waals surface area (Å²) in [4.78, 5) is 14.7. The van der Waals surface area contributed by atoms with Gasteiger partial charge >= 0.3 is 0 Å². The molecule has 0 aromatic heterocycles. The summed E-state index contributed by atoms with van der Waals surface area (Å²) in [5.74, 6) is -0.315. The Morgan fingerprint density at radius 2 is 1.64 bits per heavy atom. The number of hydrogen-bond acceptors (Lipinski definition) is 4. The van der Waals surface area contributed by atoms with E-state index in [4.69, 9.17) is 0 Å². The molecule has 0 atom stereocenters. The number of rotatable bonds is 8. The third kappa shape index (κ3) is 5.81. The molecule has 7 heteroatoms. The molecule has 0 spiro atoms. The van der Waals surface area contributed by atoms with Crippen molar-refractivity contribution in [3.63, 3.8) is 0 Å². The Morgan fingerprint density at radius 3 is 2.25 bits per heavy atom. The lowest BCUT2D eigenvalue weighted by atomic mass is 10.2. The molecule has 2 aromatic rings. The molecule has 0 bridgehead atoms. The summed E-state index contributed by atoms with van der Waals surface area (Å²) in [6.45, 7) is 2.55. The largest absolute Gasteiger partial charge is 0.372 e. The van der Waals surface area contributed by atoms with Gasteiger partial charge in [0.25, 0.3) is 0 Å². The van der Waals surface area contributed by atoms with Gasteiger partial charge in [0.1, 0.15) is 0 Å². The monoisotopic (exact) mass is 401 g/mol. The summed E-state index contributed by atoms with van der Waals surface area (Å²) in [5, 5.41) is 2.82. The number of nitrogens with zero attached hydrogens (tertiary/aromatic N) is 2. The predicted molar refractivity (Wildman–Crippen MR) is 111 cm³/mol. The highest BCUT2D eigenvalue weighted by Gasteiger charge is 2.20. The van der Waals surface area contributed by atoms with E-state index in [0.29, 0.717) is 6.54 Å². The smallest absolute Gasteiger partial charge is 0.235 e. The van der Waals surface area contributed by atoms with Crippen molar-refractivity contribution < 1.29 is 13.2 Å². The number of benzene rings is 2. The fourth-order valence-electron chi connectivity index (χ4n) is 3.29. The van der Waals surface area contributed by atoms with Gasteiger partial charge in [0.15, 0.2) is 0 Å². The molecular formula is C21H27N3O3S. The van der Waals surface area contributed by atoms with Crippen LogP contribution in [0.1, 0.15) is 24.0 Å². The minimum Gasteiger partial charge on any atom is -0.372 e. The Bertz CT molecular complexity index is 877. The van der Waals surface area contributed by atoms with Crippen molar-refractivity contribution in [3.05, 3.63) is 65.7 Å². The number of anilines is 1. The summed E-state index contributed by atoms with van der Waals surface area (Å²) in [6, 6.07) is 17.4. The molecule has 0 radical (unpaired) electrons. The zero-order valence-corrected chi connectivity index (χ0v) is 17.0. The maximum atomic E-state index is 12.3. The highest BCUT2D eigenvalue weighted by Crippen LogP contribution is 2.20. The minimum absolute atomic E-state index is 0.178. The van der Waals surface area contributed by atoms with E-state index in [1.165, 1.54) is 22.8 Å². The molecule has 1 amide bonds. The van der Waals surface area contributed by atoms with Crippen LogP contribution in [0.5, 0.6) is 0 Å². The molecule has 28 heavy (non-hydrogen) atoms. The van der Waals surface area contributed by atoms with Crippen LogP contribution in [0.25, 0.3) is 0 Å². The molecule has 150 valence electrons. The first-order chi connectivity index (χ1) is 13.4. The molecule has 1 saturated heterocycles. The van der Waals surface area contributed by atoms with E-state index in [1.54, 1.807) is 0 Å². The van der Waals surface area contributed by atoms with Crippen LogP contribution in [0.3, 0.4) is 0 Å². The van der Waals surface area contributed by atoms with E-state index in [-0.39, 0.29) is 19.0 Å². The second-order valence-electron chi connectivity index (χ2n) is 7.15. The van der Waals surface area contributed by atoms with Crippen molar-refractivity contribution in [1.82, 2.24) is 9.62 Å². The van der Waals surface area contributed by atoms with E-state index in [0.717, 1.165) is 30.5 Å². The molecule has 0 saturated carbocycles. The molecule has 0 unspecified atom stereocenters. The normalized spacial score (nSPS) is 14.4. The van der Waals surface area contributed by atoms with E-state index in [1.807, 2.05) is 42.5 Å². The zero-order chi connectivity index (χ0) is 20.0. The third-order valence-electron chi connectivity index (χ3n) is 4.89. The number of hydrogen-bond donors (Lipinski definition) is 1. The predicted octanol–water partition coefficient (Wildman–Crippen LogP) is 2.36. The Kier molecular flexibility index (Phi) is 6.70. The van der Waals surface area contributed by atoms with Crippen LogP contribution in [0, 0.1) is 0 Å². The van der Waals surface area contributed by atoms with Crippen molar-refractivity contribution in [2.75, 3.05) is 30.8 Å². The van der Waals surface area contributed by atoms with Crippen molar-refractivity contribution in [3.8, 4) is 0 Å². The molecule has 2 aromatic carbocycles. The van der Waals surface area contributed by atoms with Gasteiger partial charge in [-0.2, -0.15) is 4.31 Å². The summed E-state index contributed by atoms with van der Waals surface area (Å²) in [7, 11) is -3.49. The number of sulfonamides is 1. The zero-order valence-electron chi connectivity index (χ0n) is 16.2. The van der Waals surface area contributed by atoms with Crippen LogP contribution in [0.4, 0.5) is 5.69 Å². The lowest BCUT2D eigenvalue weighted by Crippen LogP contribution is -2.39. The Labute approximate surface area is 167 Å². The van der Waals surface area contributed by atoms with E-state index in [2.05, 4.69) is 22.3 Å². The quantitative estimate of drug-likeness (QED) is 0.737. The molecule has 1 fully saturated rings. The van der Waals surface area contributed by atoms with Gasteiger partial charge in [-0.25, -0.2) is 8.42 Å². The van der Waals surface area contributed by atoms with Crippen LogP contribution in [-0.2, 0) is 27.9 Å². The summed E-state index contributed by atoms with van der Waals surface area (Å²) in [6.07, 6.45) is 3.59. The van der Waals surface area contributed by atoms with E-state index in [9.17, 15) is 13.2 Å². The van der Waals surface area contributed by atoms with E-state index < -0.39 is 10.0 Å². The van der Waals surface area contributed by atoms with Crippen LogP contribution in [0.15, 0.2) is 54.6 Å². The first-order valence-electron chi connectivity index (χ1n) is 9.51. The summed E-state index contributed by atoms with van der Waals surface area (Å²) >= 11 is 0.